The summed E-state index contributed by atoms with van der Waals surface area (Å²) in [6.45, 7) is 0. The number of nitrogens with two attached hydrogens (primary N) is 1. The van der Waals surface area contributed by atoms with Gasteiger partial charge < -0.3 is 0 Å². The molecule has 2 unspecified atom stereocenters. The van der Waals surface area contributed by atoms with Gasteiger partial charge in [-0.15, -0.1) is 0 Å². The van der Waals surface area contributed by atoms with Crippen molar-refractivity contribution >= 4 is 15.9 Å². The number of halogens is 1. The molecule has 0 amide bonds. The van der Waals surface area contributed by atoms with E-state index in [0.717, 1.165) is 4.47 Å². The Morgan fingerprint density at radius 3 is 2.44 bits per heavy atom. The normalized spacial score (nSPS) is 26.4. The first-order valence-corrected chi connectivity index (χ1v) is 6.82. The van der Waals surface area contributed by atoms with Gasteiger partial charge in [0, 0.05) is 16.4 Å². The second kappa shape index (κ2) is 5.80. The molecule has 1 aromatic carbocycles. The topological polar surface area (TPSA) is 38.0 Å². The summed E-state index contributed by atoms with van der Waals surface area (Å²) in [5.74, 6) is 6.24. The molecule has 0 aromatic heterocycles. The van der Waals surface area contributed by atoms with Crippen molar-refractivity contribution in [3.8, 4) is 0 Å². The lowest BCUT2D eigenvalue weighted by atomic mass is 9.88. The van der Waals surface area contributed by atoms with E-state index in [1.54, 1.807) is 0 Å². The van der Waals surface area contributed by atoms with E-state index in [4.69, 9.17) is 5.84 Å². The molecule has 1 saturated carbocycles. The van der Waals surface area contributed by atoms with Gasteiger partial charge in [-0.05, 0) is 30.5 Å². The number of hydrogen-bond donors (Lipinski definition) is 2. The molecule has 0 heterocycles. The summed E-state index contributed by atoms with van der Waals surface area (Å²) in [5.41, 5.74) is 4.41. The molecule has 16 heavy (non-hydrogen) atoms. The van der Waals surface area contributed by atoms with Crippen molar-refractivity contribution in [3.05, 3.63) is 34.3 Å². The number of rotatable bonds is 2. The van der Waals surface area contributed by atoms with Crippen LogP contribution in [0, 0.1) is 0 Å². The third-order valence-corrected chi connectivity index (χ3v) is 4.06. The summed E-state index contributed by atoms with van der Waals surface area (Å²) >= 11 is 3.48. The van der Waals surface area contributed by atoms with Gasteiger partial charge in [-0.25, -0.2) is 0 Å². The van der Waals surface area contributed by atoms with Gasteiger partial charge in [0.05, 0.1) is 0 Å². The van der Waals surface area contributed by atoms with E-state index in [0.29, 0.717) is 12.0 Å². The van der Waals surface area contributed by atoms with E-state index in [1.807, 2.05) is 0 Å². The monoisotopic (exact) mass is 282 g/mol. The van der Waals surface area contributed by atoms with Crippen LogP contribution < -0.4 is 11.3 Å². The van der Waals surface area contributed by atoms with Crippen LogP contribution in [0.5, 0.6) is 0 Å². The van der Waals surface area contributed by atoms with Gasteiger partial charge in [0.15, 0.2) is 0 Å². The van der Waals surface area contributed by atoms with E-state index >= 15 is 0 Å². The standard InChI is InChI=1S/C13H19BrN2/c14-11-8-6-10(7-9-11)12-4-2-1-3-5-13(12)16-15/h6-9,12-13,16H,1-5,15H2. The third-order valence-electron chi connectivity index (χ3n) is 3.53. The Kier molecular flexibility index (Phi) is 4.38. The maximum atomic E-state index is 5.67. The zero-order valence-electron chi connectivity index (χ0n) is 9.45. The van der Waals surface area contributed by atoms with Crippen LogP contribution in [0.2, 0.25) is 0 Å². The summed E-state index contributed by atoms with van der Waals surface area (Å²) in [6, 6.07) is 9.10. The lowest BCUT2D eigenvalue weighted by Gasteiger charge is -2.24. The average molecular weight is 283 g/mol. The fourth-order valence-corrected chi connectivity index (χ4v) is 2.88. The van der Waals surface area contributed by atoms with Gasteiger partial charge in [0.1, 0.15) is 0 Å². The fraction of sp³-hybridized carbons (Fsp3) is 0.538. The van der Waals surface area contributed by atoms with Crippen LogP contribution in [0.15, 0.2) is 28.7 Å². The summed E-state index contributed by atoms with van der Waals surface area (Å²) in [4.78, 5) is 0. The maximum absolute atomic E-state index is 5.67. The molecule has 1 fully saturated rings. The van der Waals surface area contributed by atoms with Crippen molar-refractivity contribution in [2.24, 2.45) is 5.84 Å². The molecule has 88 valence electrons. The highest BCUT2D eigenvalue weighted by Crippen LogP contribution is 2.32. The van der Waals surface area contributed by atoms with E-state index in [-0.39, 0.29) is 0 Å². The van der Waals surface area contributed by atoms with Gasteiger partial charge >= 0.3 is 0 Å². The number of benzene rings is 1. The molecule has 3 heteroatoms. The van der Waals surface area contributed by atoms with Crippen molar-refractivity contribution in [2.75, 3.05) is 0 Å². The molecule has 2 rings (SSSR count). The maximum Gasteiger partial charge on any atom is 0.0279 e. The molecule has 1 aliphatic rings. The Bertz CT molecular complexity index is 323. The average Bonchev–Trinajstić information content (AvgIpc) is 2.55. The van der Waals surface area contributed by atoms with Gasteiger partial charge in [0.2, 0.25) is 0 Å². The van der Waals surface area contributed by atoms with E-state index in [9.17, 15) is 0 Å². The fourth-order valence-electron chi connectivity index (χ4n) is 2.62. The zero-order valence-corrected chi connectivity index (χ0v) is 11.0. The lowest BCUT2D eigenvalue weighted by molar-refractivity contribution is 0.418. The number of hydrazine groups is 1. The van der Waals surface area contributed by atoms with Gasteiger partial charge in [0.25, 0.3) is 0 Å². The van der Waals surface area contributed by atoms with Crippen LogP contribution in [0.1, 0.15) is 43.6 Å². The number of hydrogen-bond acceptors (Lipinski definition) is 2. The second-order valence-electron chi connectivity index (χ2n) is 4.57. The van der Waals surface area contributed by atoms with Crippen molar-refractivity contribution in [1.82, 2.24) is 5.43 Å². The highest BCUT2D eigenvalue weighted by atomic mass is 79.9. The van der Waals surface area contributed by atoms with E-state index < -0.39 is 0 Å². The highest BCUT2D eigenvalue weighted by molar-refractivity contribution is 9.10. The largest absolute Gasteiger partial charge is 0.271 e. The predicted molar refractivity (Wildman–Crippen MR) is 71.1 cm³/mol. The Morgan fingerprint density at radius 1 is 1.06 bits per heavy atom. The molecular formula is C13H19BrN2. The van der Waals surface area contributed by atoms with Crippen LogP contribution in [-0.4, -0.2) is 6.04 Å². The zero-order chi connectivity index (χ0) is 11.4. The smallest absolute Gasteiger partial charge is 0.0279 e. The number of nitrogens with one attached hydrogen (secondary N) is 1. The minimum Gasteiger partial charge on any atom is -0.271 e. The van der Waals surface area contributed by atoms with Crippen LogP contribution >= 0.6 is 15.9 Å². The molecular weight excluding hydrogens is 264 g/mol. The van der Waals surface area contributed by atoms with Gasteiger partial charge in [-0.2, -0.15) is 0 Å². The molecule has 2 nitrogen and oxygen atoms in total. The SMILES string of the molecule is NNC1CCCCCC1c1ccc(Br)cc1. The van der Waals surface area contributed by atoms with Crippen molar-refractivity contribution in [2.45, 2.75) is 44.1 Å². The van der Waals surface area contributed by atoms with E-state index in [2.05, 4.69) is 45.6 Å². The molecule has 2 atom stereocenters. The molecule has 0 spiro atoms. The summed E-state index contributed by atoms with van der Waals surface area (Å²) < 4.78 is 1.14. The third kappa shape index (κ3) is 2.84. The van der Waals surface area contributed by atoms with Gasteiger partial charge in [-0.1, -0.05) is 47.3 Å². The first-order valence-electron chi connectivity index (χ1n) is 6.03. The second-order valence-corrected chi connectivity index (χ2v) is 5.48. The van der Waals surface area contributed by atoms with Crippen LogP contribution in [-0.2, 0) is 0 Å². The minimum atomic E-state index is 0.434. The Labute approximate surface area is 106 Å². The minimum absolute atomic E-state index is 0.434. The van der Waals surface area contributed by atoms with Gasteiger partial charge in [-0.3, -0.25) is 11.3 Å². The summed E-state index contributed by atoms with van der Waals surface area (Å²) in [6.07, 6.45) is 6.39. The molecule has 1 aliphatic carbocycles. The summed E-state index contributed by atoms with van der Waals surface area (Å²) in [7, 11) is 0. The lowest BCUT2D eigenvalue weighted by Crippen LogP contribution is -2.39. The van der Waals surface area contributed by atoms with Crippen LogP contribution in [0.3, 0.4) is 0 Å². The molecule has 0 radical (unpaired) electrons. The molecule has 3 N–H and O–H groups in total. The Balaban J connectivity index is 2.18. The van der Waals surface area contributed by atoms with Crippen molar-refractivity contribution < 1.29 is 0 Å². The Morgan fingerprint density at radius 2 is 1.75 bits per heavy atom. The first-order chi connectivity index (χ1) is 7.81. The molecule has 0 aliphatic heterocycles. The highest BCUT2D eigenvalue weighted by Gasteiger charge is 2.23. The quantitative estimate of drug-likeness (QED) is 0.496. The Hall–Kier alpha value is -0.380. The summed E-state index contributed by atoms with van der Waals surface area (Å²) in [5, 5.41) is 0. The van der Waals surface area contributed by atoms with Crippen LogP contribution in [0.4, 0.5) is 0 Å². The first kappa shape index (κ1) is 12.1. The van der Waals surface area contributed by atoms with Crippen molar-refractivity contribution in [3.63, 3.8) is 0 Å². The molecule has 1 aromatic rings. The molecule has 0 bridgehead atoms. The van der Waals surface area contributed by atoms with E-state index in [1.165, 1.54) is 37.7 Å². The molecule has 0 saturated heterocycles. The predicted octanol–water partition coefficient (Wildman–Crippen LogP) is 3.33. The van der Waals surface area contributed by atoms with Crippen molar-refractivity contribution in [1.29, 1.82) is 0 Å². The van der Waals surface area contributed by atoms with Crippen LogP contribution in [0.25, 0.3) is 0 Å².